The van der Waals surface area contributed by atoms with E-state index in [9.17, 15) is 13.2 Å². The second-order valence-electron chi connectivity index (χ2n) is 7.93. The van der Waals surface area contributed by atoms with Crippen molar-refractivity contribution in [2.45, 2.75) is 12.3 Å². The highest BCUT2D eigenvalue weighted by atomic mass is 32.2. The summed E-state index contributed by atoms with van der Waals surface area (Å²) in [5.74, 6) is -0.0969. The number of rotatable bonds is 7. The van der Waals surface area contributed by atoms with E-state index >= 15 is 0 Å². The lowest BCUT2D eigenvalue weighted by atomic mass is 10.1. The SMILES string of the molecule is O=C(Nc1ccccc1)c1ccc(CN2CCN(S(=O)(=O)Cc3ccccc3)CC2)cc1. The number of benzene rings is 3. The second-order valence-corrected chi connectivity index (χ2v) is 9.90. The zero-order valence-electron chi connectivity index (χ0n) is 17.9. The number of nitrogens with one attached hydrogen (secondary N) is 1. The lowest BCUT2D eigenvalue weighted by Gasteiger charge is -2.34. The fourth-order valence-corrected chi connectivity index (χ4v) is 5.30. The van der Waals surface area contributed by atoms with Crippen LogP contribution < -0.4 is 5.32 Å². The Morgan fingerprint density at radius 2 is 1.34 bits per heavy atom. The molecule has 166 valence electrons. The molecule has 0 radical (unpaired) electrons. The second kappa shape index (κ2) is 10.1. The van der Waals surface area contributed by atoms with Crippen LogP contribution in [-0.4, -0.2) is 49.7 Å². The van der Waals surface area contributed by atoms with Gasteiger partial charge in [0.05, 0.1) is 5.75 Å². The van der Waals surface area contributed by atoms with Crippen LogP contribution in [0.25, 0.3) is 0 Å². The van der Waals surface area contributed by atoms with Gasteiger partial charge in [-0.1, -0.05) is 60.7 Å². The highest BCUT2D eigenvalue weighted by molar-refractivity contribution is 7.88. The fourth-order valence-electron chi connectivity index (χ4n) is 3.79. The Hall–Kier alpha value is -3.00. The van der Waals surface area contributed by atoms with Crippen LogP contribution in [0.5, 0.6) is 0 Å². The molecule has 0 aromatic heterocycles. The van der Waals surface area contributed by atoms with Gasteiger partial charge in [0.2, 0.25) is 10.0 Å². The molecule has 32 heavy (non-hydrogen) atoms. The molecule has 1 N–H and O–H groups in total. The van der Waals surface area contributed by atoms with Crippen LogP contribution in [0.2, 0.25) is 0 Å². The zero-order valence-corrected chi connectivity index (χ0v) is 18.7. The van der Waals surface area contributed by atoms with E-state index in [2.05, 4.69) is 10.2 Å². The summed E-state index contributed by atoms with van der Waals surface area (Å²) in [7, 11) is -3.31. The molecule has 0 aliphatic carbocycles. The van der Waals surface area contributed by atoms with Crippen molar-refractivity contribution in [1.29, 1.82) is 0 Å². The minimum absolute atomic E-state index is 0.0420. The van der Waals surface area contributed by atoms with Crippen LogP contribution >= 0.6 is 0 Å². The summed E-state index contributed by atoms with van der Waals surface area (Å²) < 4.78 is 27.0. The van der Waals surface area contributed by atoms with Gasteiger partial charge in [0, 0.05) is 44.0 Å². The molecule has 0 atom stereocenters. The van der Waals surface area contributed by atoms with Crippen molar-refractivity contribution in [3.8, 4) is 0 Å². The molecule has 1 heterocycles. The number of piperazine rings is 1. The normalized spacial score (nSPS) is 15.4. The number of carbonyl (C=O) groups is 1. The van der Waals surface area contributed by atoms with Crippen LogP contribution in [0.15, 0.2) is 84.9 Å². The van der Waals surface area contributed by atoms with E-state index in [1.807, 2.05) is 84.9 Å². The molecule has 7 heteroatoms. The Labute approximate surface area is 189 Å². The van der Waals surface area contributed by atoms with Gasteiger partial charge in [0.15, 0.2) is 0 Å². The number of nitrogens with zero attached hydrogens (tertiary/aromatic N) is 2. The van der Waals surface area contributed by atoms with Gasteiger partial charge < -0.3 is 5.32 Å². The molecule has 3 aromatic carbocycles. The summed E-state index contributed by atoms with van der Waals surface area (Å²) in [5.41, 5.74) is 3.28. The molecule has 1 aliphatic heterocycles. The van der Waals surface area contributed by atoms with Crippen molar-refractivity contribution in [2.24, 2.45) is 0 Å². The largest absolute Gasteiger partial charge is 0.322 e. The number of para-hydroxylation sites is 1. The van der Waals surface area contributed by atoms with E-state index in [-0.39, 0.29) is 11.7 Å². The van der Waals surface area contributed by atoms with Gasteiger partial charge in [0.1, 0.15) is 0 Å². The lowest BCUT2D eigenvalue weighted by molar-refractivity contribution is 0.102. The highest BCUT2D eigenvalue weighted by Crippen LogP contribution is 2.16. The quantitative estimate of drug-likeness (QED) is 0.599. The molecule has 0 bridgehead atoms. The molecule has 3 aromatic rings. The molecule has 6 nitrogen and oxygen atoms in total. The van der Waals surface area contributed by atoms with E-state index in [1.54, 1.807) is 4.31 Å². The average molecular weight is 450 g/mol. The molecule has 0 unspecified atom stereocenters. The Morgan fingerprint density at radius 3 is 1.97 bits per heavy atom. The molecule has 0 saturated carbocycles. The van der Waals surface area contributed by atoms with E-state index in [1.165, 1.54) is 0 Å². The van der Waals surface area contributed by atoms with E-state index in [4.69, 9.17) is 0 Å². The molecule has 1 saturated heterocycles. The Bertz CT molecular complexity index is 1130. The van der Waals surface area contributed by atoms with Crippen molar-refractivity contribution in [3.05, 3.63) is 102 Å². The molecule has 1 fully saturated rings. The predicted molar refractivity (Wildman–Crippen MR) is 127 cm³/mol. The summed E-state index contributed by atoms with van der Waals surface area (Å²) in [6, 6.07) is 26.2. The number of carbonyl (C=O) groups excluding carboxylic acids is 1. The Kier molecular flexibility index (Phi) is 6.99. The first kappa shape index (κ1) is 22.2. The van der Waals surface area contributed by atoms with Crippen molar-refractivity contribution >= 4 is 21.6 Å². The van der Waals surface area contributed by atoms with Crippen molar-refractivity contribution in [1.82, 2.24) is 9.21 Å². The minimum atomic E-state index is -3.31. The first-order chi connectivity index (χ1) is 15.5. The van der Waals surface area contributed by atoms with E-state index in [0.717, 1.165) is 23.4 Å². The third-order valence-corrected chi connectivity index (χ3v) is 7.42. The zero-order chi connectivity index (χ0) is 22.4. The first-order valence-corrected chi connectivity index (χ1v) is 12.3. The van der Waals surface area contributed by atoms with Gasteiger partial charge in [-0.2, -0.15) is 4.31 Å². The Balaban J connectivity index is 1.28. The third kappa shape index (κ3) is 5.82. The molecular formula is C25H27N3O3S. The number of sulfonamides is 1. The standard InChI is InChI=1S/C25H27N3O3S/c29-25(26-24-9-5-2-6-10-24)23-13-11-21(12-14-23)19-27-15-17-28(18-16-27)32(30,31)20-22-7-3-1-4-8-22/h1-14H,15-20H2,(H,26,29). The third-order valence-electron chi connectivity index (χ3n) is 5.57. The topological polar surface area (TPSA) is 69.7 Å². The minimum Gasteiger partial charge on any atom is -0.322 e. The summed E-state index contributed by atoms with van der Waals surface area (Å²) in [6.45, 7) is 3.08. The molecule has 1 aliphatic rings. The van der Waals surface area contributed by atoms with Crippen LogP contribution in [0, 0.1) is 0 Å². The van der Waals surface area contributed by atoms with E-state index < -0.39 is 10.0 Å². The maximum absolute atomic E-state index is 12.7. The van der Waals surface area contributed by atoms with Crippen molar-refractivity contribution in [2.75, 3.05) is 31.5 Å². The van der Waals surface area contributed by atoms with Crippen LogP contribution in [-0.2, 0) is 22.3 Å². The average Bonchev–Trinajstić information content (AvgIpc) is 2.81. The number of amides is 1. The van der Waals surface area contributed by atoms with Gasteiger partial charge >= 0.3 is 0 Å². The van der Waals surface area contributed by atoms with Gasteiger partial charge in [-0.05, 0) is 35.4 Å². The molecule has 0 spiro atoms. The first-order valence-electron chi connectivity index (χ1n) is 10.7. The summed E-state index contributed by atoms with van der Waals surface area (Å²) in [5, 5.41) is 2.88. The van der Waals surface area contributed by atoms with Crippen LogP contribution in [0.3, 0.4) is 0 Å². The van der Waals surface area contributed by atoms with Crippen molar-refractivity contribution in [3.63, 3.8) is 0 Å². The number of anilines is 1. The molecule has 4 rings (SSSR count). The molecule has 1 amide bonds. The highest BCUT2D eigenvalue weighted by Gasteiger charge is 2.27. The lowest BCUT2D eigenvalue weighted by Crippen LogP contribution is -2.48. The number of hydrogen-bond donors (Lipinski definition) is 1. The van der Waals surface area contributed by atoms with Gasteiger partial charge in [-0.25, -0.2) is 8.42 Å². The number of hydrogen-bond acceptors (Lipinski definition) is 4. The van der Waals surface area contributed by atoms with Crippen LogP contribution in [0.1, 0.15) is 21.5 Å². The monoisotopic (exact) mass is 449 g/mol. The molecular weight excluding hydrogens is 422 g/mol. The van der Waals surface area contributed by atoms with Gasteiger partial charge in [-0.15, -0.1) is 0 Å². The fraction of sp³-hybridized carbons (Fsp3) is 0.240. The van der Waals surface area contributed by atoms with E-state index in [0.29, 0.717) is 31.7 Å². The summed E-state index contributed by atoms with van der Waals surface area (Å²) >= 11 is 0. The summed E-state index contributed by atoms with van der Waals surface area (Å²) in [6.07, 6.45) is 0. The van der Waals surface area contributed by atoms with Gasteiger partial charge in [0.25, 0.3) is 5.91 Å². The smallest absolute Gasteiger partial charge is 0.255 e. The summed E-state index contributed by atoms with van der Waals surface area (Å²) in [4.78, 5) is 14.6. The maximum Gasteiger partial charge on any atom is 0.255 e. The maximum atomic E-state index is 12.7. The van der Waals surface area contributed by atoms with Gasteiger partial charge in [-0.3, -0.25) is 9.69 Å². The predicted octanol–water partition coefficient (Wildman–Crippen LogP) is 3.59. The van der Waals surface area contributed by atoms with Crippen LogP contribution in [0.4, 0.5) is 5.69 Å². The Morgan fingerprint density at radius 1 is 0.750 bits per heavy atom. The van der Waals surface area contributed by atoms with Crippen molar-refractivity contribution < 1.29 is 13.2 Å².